The second-order valence-electron chi connectivity index (χ2n) is 6.09. The molecule has 0 aromatic heterocycles. The molecule has 1 unspecified atom stereocenters. The summed E-state index contributed by atoms with van der Waals surface area (Å²) in [6.07, 6.45) is 6.92. The molecule has 0 aliphatic heterocycles. The molecule has 0 radical (unpaired) electrons. The predicted molar refractivity (Wildman–Crippen MR) is 75.2 cm³/mol. The van der Waals surface area contributed by atoms with Crippen LogP contribution in [-0.2, 0) is 22.4 Å². The van der Waals surface area contributed by atoms with Crippen molar-refractivity contribution in [1.82, 2.24) is 0 Å². The van der Waals surface area contributed by atoms with E-state index in [2.05, 4.69) is 24.3 Å². The highest BCUT2D eigenvalue weighted by atomic mass is 16.5. The van der Waals surface area contributed by atoms with Crippen molar-refractivity contribution in [2.75, 3.05) is 7.11 Å². The van der Waals surface area contributed by atoms with Crippen LogP contribution in [0.2, 0.25) is 0 Å². The number of methoxy groups -OCH3 is 1. The Morgan fingerprint density at radius 3 is 2.68 bits per heavy atom. The van der Waals surface area contributed by atoms with Crippen LogP contribution in [0.5, 0.6) is 0 Å². The van der Waals surface area contributed by atoms with Gasteiger partial charge in [-0.05, 0) is 49.7 Å². The minimum Gasteiger partial charge on any atom is -0.378 e. The molecule has 0 amide bonds. The van der Waals surface area contributed by atoms with Crippen molar-refractivity contribution in [3.8, 4) is 0 Å². The Morgan fingerprint density at radius 2 is 2.05 bits per heavy atom. The van der Waals surface area contributed by atoms with Gasteiger partial charge in [0.2, 0.25) is 0 Å². The third-order valence-corrected chi connectivity index (χ3v) is 5.00. The van der Waals surface area contributed by atoms with E-state index in [9.17, 15) is 4.79 Å². The Kier molecular flexibility index (Phi) is 3.44. The molecule has 2 aliphatic carbocycles. The fourth-order valence-electron chi connectivity index (χ4n) is 3.46. The summed E-state index contributed by atoms with van der Waals surface area (Å²) in [5, 5.41) is 0. The Hall–Kier alpha value is -1.15. The first-order valence-corrected chi connectivity index (χ1v) is 7.37. The number of ether oxygens (including phenoxy) is 1. The maximum absolute atomic E-state index is 12.5. The first-order valence-electron chi connectivity index (χ1n) is 7.37. The summed E-state index contributed by atoms with van der Waals surface area (Å²) >= 11 is 0. The minimum atomic E-state index is -0.117. The zero-order chi connectivity index (χ0) is 13.3. The van der Waals surface area contributed by atoms with Crippen molar-refractivity contribution >= 4 is 5.78 Å². The van der Waals surface area contributed by atoms with Crippen molar-refractivity contribution < 1.29 is 9.53 Å². The normalized spacial score (nSPS) is 24.4. The van der Waals surface area contributed by atoms with Crippen LogP contribution < -0.4 is 0 Å². The standard InChI is InChI=1S/C17H22O2/c1-19-17(9-4-10-17)12-16(18)15-8-7-13-5-2-3-6-14(13)11-15/h2-3,5-6,15H,4,7-12H2,1H3. The van der Waals surface area contributed by atoms with Crippen LogP contribution in [0.25, 0.3) is 0 Å². The van der Waals surface area contributed by atoms with Gasteiger partial charge >= 0.3 is 0 Å². The van der Waals surface area contributed by atoms with Crippen LogP contribution in [-0.4, -0.2) is 18.5 Å². The Morgan fingerprint density at radius 1 is 1.32 bits per heavy atom. The lowest BCUT2D eigenvalue weighted by molar-refractivity contribution is -0.136. The van der Waals surface area contributed by atoms with Gasteiger partial charge in [-0.3, -0.25) is 4.79 Å². The van der Waals surface area contributed by atoms with Crippen LogP contribution >= 0.6 is 0 Å². The van der Waals surface area contributed by atoms with Crippen LogP contribution in [0, 0.1) is 5.92 Å². The second kappa shape index (κ2) is 5.09. The van der Waals surface area contributed by atoms with Gasteiger partial charge in [0.25, 0.3) is 0 Å². The number of aryl methyl sites for hydroxylation is 1. The fraction of sp³-hybridized carbons (Fsp3) is 0.588. The molecule has 3 rings (SSSR count). The SMILES string of the molecule is COC1(CC(=O)C2CCc3ccccc3C2)CCC1. The number of rotatable bonds is 4. The molecular weight excluding hydrogens is 236 g/mol. The van der Waals surface area contributed by atoms with Crippen LogP contribution in [0.3, 0.4) is 0 Å². The van der Waals surface area contributed by atoms with Crippen LogP contribution in [0.4, 0.5) is 0 Å². The van der Waals surface area contributed by atoms with Gasteiger partial charge in [0.1, 0.15) is 5.78 Å². The van der Waals surface area contributed by atoms with Gasteiger partial charge < -0.3 is 4.74 Å². The van der Waals surface area contributed by atoms with Crippen LogP contribution in [0.15, 0.2) is 24.3 Å². The molecule has 1 atom stereocenters. The molecule has 2 heteroatoms. The number of benzene rings is 1. The maximum atomic E-state index is 12.5. The van der Waals surface area contributed by atoms with E-state index < -0.39 is 0 Å². The van der Waals surface area contributed by atoms with Gasteiger partial charge in [0, 0.05) is 19.4 Å². The fourth-order valence-corrected chi connectivity index (χ4v) is 3.46. The van der Waals surface area contributed by atoms with E-state index in [4.69, 9.17) is 4.74 Å². The predicted octanol–water partition coefficient (Wildman–Crippen LogP) is 3.32. The van der Waals surface area contributed by atoms with Crippen molar-refractivity contribution in [1.29, 1.82) is 0 Å². The van der Waals surface area contributed by atoms with E-state index in [0.29, 0.717) is 12.2 Å². The maximum Gasteiger partial charge on any atom is 0.139 e. The highest BCUT2D eigenvalue weighted by Crippen LogP contribution is 2.39. The molecule has 19 heavy (non-hydrogen) atoms. The van der Waals surface area contributed by atoms with Crippen molar-refractivity contribution in [2.24, 2.45) is 5.92 Å². The molecule has 1 aromatic rings. The summed E-state index contributed by atoms with van der Waals surface area (Å²) in [6.45, 7) is 0. The smallest absolute Gasteiger partial charge is 0.139 e. The van der Waals surface area contributed by atoms with Gasteiger partial charge in [0.05, 0.1) is 5.60 Å². The van der Waals surface area contributed by atoms with E-state index >= 15 is 0 Å². The number of hydrogen-bond donors (Lipinski definition) is 0. The van der Waals surface area contributed by atoms with Gasteiger partial charge in [-0.15, -0.1) is 0 Å². The Bertz CT molecular complexity index is 468. The summed E-state index contributed by atoms with van der Waals surface area (Å²) < 4.78 is 5.58. The van der Waals surface area contributed by atoms with E-state index in [1.54, 1.807) is 7.11 Å². The summed E-state index contributed by atoms with van der Waals surface area (Å²) in [7, 11) is 1.75. The summed E-state index contributed by atoms with van der Waals surface area (Å²) in [5.74, 6) is 0.624. The van der Waals surface area contributed by atoms with E-state index in [1.807, 2.05) is 0 Å². The molecule has 0 bridgehead atoms. The molecule has 0 spiro atoms. The number of carbonyl (C=O) groups excluding carboxylic acids is 1. The monoisotopic (exact) mass is 258 g/mol. The largest absolute Gasteiger partial charge is 0.378 e. The summed E-state index contributed by atoms with van der Waals surface area (Å²) in [4.78, 5) is 12.5. The lowest BCUT2D eigenvalue weighted by atomic mass is 9.72. The molecule has 0 heterocycles. The number of carbonyl (C=O) groups is 1. The number of hydrogen-bond acceptors (Lipinski definition) is 2. The van der Waals surface area contributed by atoms with E-state index in [0.717, 1.165) is 32.1 Å². The van der Waals surface area contributed by atoms with Crippen molar-refractivity contribution in [3.63, 3.8) is 0 Å². The molecule has 0 saturated heterocycles. The Labute approximate surface area is 115 Å². The highest BCUT2D eigenvalue weighted by Gasteiger charge is 2.40. The van der Waals surface area contributed by atoms with E-state index in [1.165, 1.54) is 17.5 Å². The highest BCUT2D eigenvalue weighted by molar-refractivity contribution is 5.82. The molecule has 1 aromatic carbocycles. The topological polar surface area (TPSA) is 26.3 Å². The van der Waals surface area contributed by atoms with Crippen LogP contribution in [0.1, 0.15) is 43.2 Å². The van der Waals surface area contributed by atoms with Gasteiger partial charge in [-0.1, -0.05) is 24.3 Å². The molecule has 2 aliphatic rings. The zero-order valence-corrected chi connectivity index (χ0v) is 11.7. The second-order valence-corrected chi connectivity index (χ2v) is 6.09. The number of Topliss-reactive ketones (excluding diaryl/α,β-unsaturated/α-hetero) is 1. The molecular formula is C17H22O2. The average Bonchev–Trinajstić information content (AvgIpc) is 2.42. The summed E-state index contributed by atoms with van der Waals surface area (Å²) in [5.41, 5.74) is 2.68. The molecule has 0 N–H and O–H groups in total. The third-order valence-electron chi connectivity index (χ3n) is 5.00. The first-order chi connectivity index (χ1) is 9.22. The zero-order valence-electron chi connectivity index (χ0n) is 11.7. The van der Waals surface area contributed by atoms with Gasteiger partial charge in [-0.25, -0.2) is 0 Å². The third kappa shape index (κ3) is 2.46. The number of ketones is 1. The Balaban J connectivity index is 1.66. The first kappa shape index (κ1) is 12.9. The molecule has 1 fully saturated rings. The van der Waals surface area contributed by atoms with E-state index in [-0.39, 0.29) is 11.5 Å². The lowest BCUT2D eigenvalue weighted by Crippen LogP contribution is -2.42. The van der Waals surface area contributed by atoms with Gasteiger partial charge in [0.15, 0.2) is 0 Å². The minimum absolute atomic E-state index is 0.117. The average molecular weight is 258 g/mol. The molecule has 2 nitrogen and oxygen atoms in total. The summed E-state index contributed by atoms with van der Waals surface area (Å²) in [6, 6.07) is 8.53. The molecule has 1 saturated carbocycles. The quantitative estimate of drug-likeness (QED) is 0.828. The van der Waals surface area contributed by atoms with Gasteiger partial charge in [-0.2, -0.15) is 0 Å². The van der Waals surface area contributed by atoms with Crippen molar-refractivity contribution in [3.05, 3.63) is 35.4 Å². The molecule has 102 valence electrons. The number of fused-ring (bicyclic) bond motifs is 1. The van der Waals surface area contributed by atoms with Crippen molar-refractivity contribution in [2.45, 2.75) is 50.5 Å². The lowest BCUT2D eigenvalue weighted by Gasteiger charge is -2.41.